The molecule has 0 radical (unpaired) electrons. The summed E-state index contributed by atoms with van der Waals surface area (Å²) in [7, 11) is 1.99. The van der Waals surface area contributed by atoms with Gasteiger partial charge in [-0.05, 0) is 24.5 Å². The normalized spacial score (nSPS) is 30.2. The van der Waals surface area contributed by atoms with Crippen LogP contribution in [0.3, 0.4) is 0 Å². The second kappa shape index (κ2) is 3.55. The van der Waals surface area contributed by atoms with E-state index in [4.69, 9.17) is 0 Å². The molecule has 1 atom stereocenters. The van der Waals surface area contributed by atoms with E-state index in [0.29, 0.717) is 12.8 Å². The number of alkyl halides is 2. The Hall–Kier alpha value is -0.900. The zero-order chi connectivity index (χ0) is 12.1. The molecular formula is C13H18F2N2. The van der Waals surface area contributed by atoms with Crippen LogP contribution in [0.4, 0.5) is 8.78 Å². The van der Waals surface area contributed by atoms with Crippen LogP contribution in [0.2, 0.25) is 0 Å². The van der Waals surface area contributed by atoms with E-state index in [1.54, 1.807) is 0 Å². The summed E-state index contributed by atoms with van der Waals surface area (Å²) in [6, 6.07) is 2.37. The molecule has 17 heavy (non-hydrogen) atoms. The van der Waals surface area contributed by atoms with Gasteiger partial charge in [0.2, 0.25) is 5.92 Å². The average molecular weight is 240 g/mol. The number of rotatable bonds is 1. The van der Waals surface area contributed by atoms with Crippen molar-refractivity contribution >= 4 is 0 Å². The molecule has 1 aromatic heterocycles. The van der Waals surface area contributed by atoms with E-state index in [0.717, 1.165) is 6.54 Å². The maximum atomic E-state index is 13.2. The van der Waals surface area contributed by atoms with Crippen LogP contribution in [0.15, 0.2) is 18.5 Å². The zero-order valence-electron chi connectivity index (χ0n) is 10.0. The number of aromatic nitrogens is 1. The highest BCUT2D eigenvalue weighted by Gasteiger charge is 2.52. The van der Waals surface area contributed by atoms with Gasteiger partial charge in [0.05, 0.1) is 0 Å². The second-order valence-corrected chi connectivity index (χ2v) is 5.64. The number of aryl methyl sites for hydroxylation is 1. The van der Waals surface area contributed by atoms with Gasteiger partial charge in [0.25, 0.3) is 0 Å². The first-order valence-corrected chi connectivity index (χ1v) is 6.24. The van der Waals surface area contributed by atoms with Gasteiger partial charge in [-0.1, -0.05) is 0 Å². The molecular weight excluding hydrogens is 222 g/mol. The topological polar surface area (TPSA) is 17.0 Å². The molecule has 1 saturated heterocycles. The summed E-state index contributed by atoms with van der Waals surface area (Å²) >= 11 is 0. The van der Waals surface area contributed by atoms with Crippen LogP contribution in [-0.2, 0) is 7.05 Å². The third kappa shape index (κ3) is 1.79. The first-order valence-electron chi connectivity index (χ1n) is 6.24. The van der Waals surface area contributed by atoms with Gasteiger partial charge in [0, 0.05) is 50.3 Å². The molecule has 1 aliphatic carbocycles. The van der Waals surface area contributed by atoms with E-state index >= 15 is 0 Å². The van der Waals surface area contributed by atoms with Crippen molar-refractivity contribution in [1.29, 1.82) is 0 Å². The molecule has 1 aliphatic heterocycles. The molecule has 0 amide bonds. The number of hydrogen-bond acceptors (Lipinski definition) is 1. The van der Waals surface area contributed by atoms with Crippen molar-refractivity contribution in [3.8, 4) is 0 Å². The SMILES string of the molecule is Cn1ccc([C@@H]2NCC23CCC(F)(F)CC3)c1. The smallest absolute Gasteiger partial charge is 0.248 e. The fourth-order valence-electron chi connectivity index (χ4n) is 3.24. The monoisotopic (exact) mass is 240 g/mol. The number of nitrogens with one attached hydrogen (secondary N) is 1. The van der Waals surface area contributed by atoms with E-state index in [1.165, 1.54) is 5.56 Å². The lowest BCUT2D eigenvalue weighted by atomic mass is 9.62. The quantitative estimate of drug-likeness (QED) is 0.798. The Balaban J connectivity index is 1.77. The second-order valence-electron chi connectivity index (χ2n) is 5.64. The van der Waals surface area contributed by atoms with Gasteiger partial charge >= 0.3 is 0 Å². The molecule has 1 saturated carbocycles. The minimum Gasteiger partial charge on any atom is -0.357 e. The molecule has 2 nitrogen and oxygen atoms in total. The minimum absolute atomic E-state index is 0.0536. The molecule has 1 spiro atoms. The van der Waals surface area contributed by atoms with Crippen molar-refractivity contribution in [3.63, 3.8) is 0 Å². The molecule has 1 N–H and O–H groups in total. The van der Waals surface area contributed by atoms with Crippen LogP contribution in [0.5, 0.6) is 0 Å². The summed E-state index contributed by atoms with van der Waals surface area (Å²) in [5.41, 5.74) is 1.33. The van der Waals surface area contributed by atoms with Gasteiger partial charge in [-0.25, -0.2) is 8.78 Å². The van der Waals surface area contributed by atoms with E-state index in [2.05, 4.69) is 17.6 Å². The molecule has 3 rings (SSSR count). The average Bonchev–Trinajstić information content (AvgIpc) is 2.63. The Morgan fingerprint density at radius 1 is 1.29 bits per heavy atom. The molecule has 0 aromatic carbocycles. The summed E-state index contributed by atoms with van der Waals surface area (Å²) < 4.78 is 28.4. The van der Waals surface area contributed by atoms with Gasteiger partial charge in [0.15, 0.2) is 0 Å². The number of halogens is 2. The standard InChI is InChI=1S/C13H18F2N2/c1-17-7-2-10(8-17)11-12(9-16-11)3-5-13(14,15)6-4-12/h2,7-8,11,16H,3-6,9H2,1H3/t11-/m0/s1. The summed E-state index contributed by atoms with van der Waals surface area (Å²) in [4.78, 5) is 0. The van der Waals surface area contributed by atoms with Gasteiger partial charge < -0.3 is 9.88 Å². The maximum Gasteiger partial charge on any atom is 0.248 e. The Morgan fingerprint density at radius 3 is 2.47 bits per heavy atom. The highest BCUT2D eigenvalue weighted by Crippen LogP contribution is 2.54. The molecule has 0 unspecified atom stereocenters. The van der Waals surface area contributed by atoms with Crippen LogP contribution in [-0.4, -0.2) is 17.0 Å². The van der Waals surface area contributed by atoms with Gasteiger partial charge in [-0.2, -0.15) is 0 Å². The fraction of sp³-hybridized carbons (Fsp3) is 0.692. The summed E-state index contributed by atoms with van der Waals surface area (Å²) in [6.07, 6.45) is 5.50. The van der Waals surface area contributed by atoms with Crippen molar-refractivity contribution in [2.45, 2.75) is 37.6 Å². The minimum atomic E-state index is -2.43. The molecule has 0 bridgehead atoms. The Bertz CT molecular complexity index is 415. The van der Waals surface area contributed by atoms with Crippen LogP contribution >= 0.6 is 0 Å². The van der Waals surface area contributed by atoms with Crippen LogP contribution in [0.1, 0.15) is 37.3 Å². The van der Waals surface area contributed by atoms with Gasteiger partial charge in [0.1, 0.15) is 0 Å². The lowest BCUT2D eigenvalue weighted by molar-refractivity contribution is -0.0955. The Labute approximate surface area is 100 Å². The summed E-state index contributed by atoms with van der Waals surface area (Å²) in [5, 5.41) is 3.40. The number of hydrogen-bond donors (Lipinski definition) is 1. The van der Waals surface area contributed by atoms with E-state index in [9.17, 15) is 8.78 Å². The largest absolute Gasteiger partial charge is 0.357 e. The van der Waals surface area contributed by atoms with Gasteiger partial charge in [-0.3, -0.25) is 0 Å². The van der Waals surface area contributed by atoms with Crippen molar-refractivity contribution in [1.82, 2.24) is 9.88 Å². The maximum absolute atomic E-state index is 13.2. The summed E-state index contributed by atoms with van der Waals surface area (Å²) in [5.74, 6) is -2.43. The van der Waals surface area contributed by atoms with Crippen LogP contribution < -0.4 is 5.32 Å². The highest BCUT2D eigenvalue weighted by molar-refractivity contribution is 5.23. The van der Waals surface area contributed by atoms with E-state index in [-0.39, 0.29) is 24.3 Å². The summed E-state index contributed by atoms with van der Waals surface area (Å²) in [6.45, 7) is 0.892. The highest BCUT2D eigenvalue weighted by atomic mass is 19.3. The van der Waals surface area contributed by atoms with Gasteiger partial charge in [-0.15, -0.1) is 0 Å². The molecule has 1 aromatic rings. The van der Waals surface area contributed by atoms with Crippen molar-refractivity contribution in [3.05, 3.63) is 24.0 Å². The Morgan fingerprint density at radius 2 is 2.00 bits per heavy atom. The Kier molecular flexibility index (Phi) is 2.34. The van der Waals surface area contributed by atoms with Crippen LogP contribution in [0.25, 0.3) is 0 Å². The first kappa shape index (κ1) is 11.2. The predicted octanol–water partition coefficient (Wildman–Crippen LogP) is 2.87. The zero-order valence-corrected chi connectivity index (χ0v) is 10.0. The van der Waals surface area contributed by atoms with Crippen LogP contribution in [0, 0.1) is 5.41 Å². The molecule has 94 valence electrons. The van der Waals surface area contributed by atoms with E-state index < -0.39 is 5.92 Å². The molecule has 2 fully saturated rings. The lowest BCUT2D eigenvalue weighted by Crippen LogP contribution is -2.58. The van der Waals surface area contributed by atoms with Crippen molar-refractivity contribution in [2.75, 3.05) is 6.54 Å². The third-order valence-electron chi connectivity index (χ3n) is 4.44. The van der Waals surface area contributed by atoms with E-state index in [1.807, 2.05) is 17.8 Å². The lowest BCUT2D eigenvalue weighted by Gasteiger charge is -2.54. The molecule has 2 aliphatic rings. The third-order valence-corrected chi connectivity index (χ3v) is 4.44. The van der Waals surface area contributed by atoms with Crippen molar-refractivity contribution in [2.24, 2.45) is 12.5 Å². The van der Waals surface area contributed by atoms with Crippen molar-refractivity contribution < 1.29 is 8.78 Å². The number of nitrogens with zero attached hydrogens (tertiary/aromatic N) is 1. The predicted molar refractivity (Wildman–Crippen MR) is 62.0 cm³/mol. The fourth-order valence-corrected chi connectivity index (χ4v) is 3.24. The first-order chi connectivity index (χ1) is 8.01. The molecule has 4 heteroatoms. The molecule has 2 heterocycles.